The van der Waals surface area contributed by atoms with Gasteiger partial charge in [0.2, 0.25) is 0 Å². The zero-order chi connectivity index (χ0) is 18.5. The fourth-order valence-electron chi connectivity index (χ4n) is 5.41. The SMILES string of the molecule is CCCC[C@H]1c2nc(C(C)(C)c3ccccn3)ccc2[C@H]2C[C@@H]1C2(C)C. The van der Waals surface area contributed by atoms with E-state index in [0.29, 0.717) is 17.3 Å². The molecule has 3 aliphatic rings. The maximum atomic E-state index is 5.30. The van der Waals surface area contributed by atoms with Gasteiger partial charge in [0.05, 0.1) is 11.4 Å². The molecule has 1 saturated carbocycles. The second kappa shape index (κ2) is 6.18. The predicted molar refractivity (Wildman–Crippen MR) is 107 cm³/mol. The van der Waals surface area contributed by atoms with Crippen molar-refractivity contribution in [3.8, 4) is 0 Å². The number of hydrogen-bond acceptors (Lipinski definition) is 2. The van der Waals surface area contributed by atoms with Crippen LogP contribution in [0.5, 0.6) is 0 Å². The lowest BCUT2D eigenvalue weighted by Gasteiger charge is -2.60. The molecule has 0 spiro atoms. The normalized spacial score (nSPS) is 26.1. The Labute approximate surface area is 158 Å². The molecule has 0 unspecified atom stereocenters. The Hall–Kier alpha value is -1.70. The van der Waals surface area contributed by atoms with Crippen molar-refractivity contribution in [2.24, 2.45) is 11.3 Å². The van der Waals surface area contributed by atoms with Crippen LogP contribution < -0.4 is 0 Å². The lowest BCUT2D eigenvalue weighted by Crippen LogP contribution is -2.50. The number of rotatable bonds is 5. The van der Waals surface area contributed by atoms with E-state index in [0.717, 1.165) is 17.3 Å². The summed E-state index contributed by atoms with van der Waals surface area (Å²) in [7, 11) is 0. The molecule has 2 bridgehead atoms. The van der Waals surface area contributed by atoms with Crippen molar-refractivity contribution in [2.75, 3.05) is 0 Å². The van der Waals surface area contributed by atoms with Gasteiger partial charge in [0, 0.05) is 23.2 Å². The minimum atomic E-state index is -0.164. The van der Waals surface area contributed by atoms with Gasteiger partial charge in [-0.2, -0.15) is 0 Å². The van der Waals surface area contributed by atoms with Gasteiger partial charge in [0.1, 0.15) is 0 Å². The molecule has 2 heteroatoms. The summed E-state index contributed by atoms with van der Waals surface area (Å²) < 4.78 is 0. The van der Waals surface area contributed by atoms with Crippen LogP contribution in [0.4, 0.5) is 0 Å². The first kappa shape index (κ1) is 17.7. The van der Waals surface area contributed by atoms with Gasteiger partial charge in [-0.05, 0) is 67.7 Å². The first-order chi connectivity index (χ1) is 12.4. The molecule has 1 fully saturated rings. The van der Waals surface area contributed by atoms with Gasteiger partial charge in [-0.25, -0.2) is 0 Å². The second-order valence-electron chi connectivity index (χ2n) is 9.48. The highest BCUT2D eigenvalue weighted by Gasteiger charge is 2.57. The van der Waals surface area contributed by atoms with Crippen molar-refractivity contribution in [1.82, 2.24) is 9.97 Å². The summed E-state index contributed by atoms with van der Waals surface area (Å²) in [6.07, 6.45) is 7.10. The molecule has 2 aromatic heterocycles. The Kier molecular flexibility index (Phi) is 4.21. The molecule has 26 heavy (non-hydrogen) atoms. The molecule has 2 aromatic rings. The van der Waals surface area contributed by atoms with Gasteiger partial charge in [0.15, 0.2) is 0 Å². The van der Waals surface area contributed by atoms with E-state index in [9.17, 15) is 0 Å². The van der Waals surface area contributed by atoms with Crippen LogP contribution in [-0.4, -0.2) is 9.97 Å². The van der Waals surface area contributed by atoms with Gasteiger partial charge in [0.25, 0.3) is 0 Å². The summed E-state index contributed by atoms with van der Waals surface area (Å²) in [5.41, 5.74) is 5.46. The first-order valence-electron chi connectivity index (χ1n) is 10.3. The van der Waals surface area contributed by atoms with Crippen molar-refractivity contribution in [3.63, 3.8) is 0 Å². The summed E-state index contributed by atoms with van der Waals surface area (Å²) in [4.78, 5) is 9.92. The summed E-state index contributed by atoms with van der Waals surface area (Å²) in [5.74, 6) is 2.12. The van der Waals surface area contributed by atoms with E-state index >= 15 is 0 Å². The first-order valence-corrected chi connectivity index (χ1v) is 10.3. The average molecular weight is 349 g/mol. The average Bonchev–Trinajstić information content (AvgIpc) is 2.65. The number of pyridine rings is 2. The molecule has 3 atom stereocenters. The van der Waals surface area contributed by atoms with Crippen molar-refractivity contribution in [3.05, 3.63) is 59.2 Å². The fraction of sp³-hybridized carbons (Fsp3) is 0.583. The van der Waals surface area contributed by atoms with Crippen molar-refractivity contribution < 1.29 is 0 Å². The van der Waals surface area contributed by atoms with Crippen LogP contribution in [0.2, 0.25) is 0 Å². The minimum absolute atomic E-state index is 0.164. The molecule has 0 N–H and O–H groups in total. The summed E-state index contributed by atoms with van der Waals surface area (Å²) in [6.45, 7) is 11.7. The summed E-state index contributed by atoms with van der Waals surface area (Å²) in [6, 6.07) is 10.8. The molecular formula is C24H32N2. The van der Waals surface area contributed by atoms with E-state index in [1.807, 2.05) is 12.3 Å². The number of aromatic nitrogens is 2. The standard InChI is InChI=1S/C24H32N2/c1-6-7-10-16-18-15-19(23(18,2)3)17-12-13-21(26-22(16)17)24(4,5)20-11-8-9-14-25-20/h8-9,11-14,16,18-19H,6-7,10,15H2,1-5H3/t16-,18+,19-/m1/s1. The molecule has 138 valence electrons. The van der Waals surface area contributed by atoms with Gasteiger partial charge < -0.3 is 0 Å². The molecular weight excluding hydrogens is 316 g/mol. The maximum absolute atomic E-state index is 5.30. The van der Waals surface area contributed by atoms with Crippen molar-refractivity contribution in [2.45, 2.75) is 77.6 Å². The topological polar surface area (TPSA) is 25.8 Å². The molecule has 0 amide bonds. The predicted octanol–water partition coefficient (Wildman–Crippen LogP) is 6.22. The Morgan fingerprint density at radius 2 is 1.92 bits per heavy atom. The third kappa shape index (κ3) is 2.52. The van der Waals surface area contributed by atoms with Crippen LogP contribution in [-0.2, 0) is 5.41 Å². The monoisotopic (exact) mass is 348 g/mol. The highest BCUT2D eigenvalue weighted by Crippen LogP contribution is 2.67. The van der Waals surface area contributed by atoms with Crippen molar-refractivity contribution >= 4 is 0 Å². The minimum Gasteiger partial charge on any atom is -0.260 e. The van der Waals surface area contributed by atoms with Crippen LogP contribution in [0.15, 0.2) is 36.5 Å². The highest BCUT2D eigenvalue weighted by atomic mass is 14.8. The van der Waals surface area contributed by atoms with E-state index in [4.69, 9.17) is 4.98 Å². The lowest BCUT2D eigenvalue weighted by molar-refractivity contribution is -0.0104. The fourth-order valence-corrected chi connectivity index (χ4v) is 5.41. The number of nitrogens with zero attached hydrogens (tertiary/aromatic N) is 2. The van der Waals surface area contributed by atoms with Crippen LogP contribution in [0, 0.1) is 11.3 Å². The van der Waals surface area contributed by atoms with Crippen LogP contribution in [0.25, 0.3) is 0 Å². The highest BCUT2D eigenvalue weighted by molar-refractivity contribution is 5.42. The molecule has 2 nitrogen and oxygen atoms in total. The van der Waals surface area contributed by atoms with Crippen LogP contribution >= 0.6 is 0 Å². The molecule has 3 aliphatic carbocycles. The van der Waals surface area contributed by atoms with E-state index < -0.39 is 0 Å². The third-order valence-corrected chi connectivity index (χ3v) is 7.33. The number of hydrogen-bond donors (Lipinski definition) is 0. The van der Waals surface area contributed by atoms with Crippen molar-refractivity contribution in [1.29, 1.82) is 0 Å². The van der Waals surface area contributed by atoms with Gasteiger partial charge >= 0.3 is 0 Å². The Balaban J connectivity index is 1.76. The zero-order valence-electron chi connectivity index (χ0n) is 16.9. The summed E-state index contributed by atoms with van der Waals surface area (Å²) in [5, 5.41) is 0. The number of unbranched alkanes of at least 4 members (excludes halogenated alkanes) is 1. The Morgan fingerprint density at radius 1 is 1.12 bits per heavy atom. The largest absolute Gasteiger partial charge is 0.260 e. The quantitative estimate of drug-likeness (QED) is 0.641. The molecule has 2 heterocycles. The van der Waals surface area contributed by atoms with Gasteiger partial charge in [-0.15, -0.1) is 0 Å². The molecule has 0 saturated heterocycles. The lowest BCUT2D eigenvalue weighted by atomic mass is 9.44. The smallest absolute Gasteiger partial charge is 0.0523 e. The zero-order valence-corrected chi connectivity index (χ0v) is 16.9. The Bertz CT molecular complexity index is 791. The Morgan fingerprint density at radius 3 is 2.58 bits per heavy atom. The second-order valence-corrected chi connectivity index (χ2v) is 9.48. The van der Waals surface area contributed by atoms with E-state index in [2.05, 4.69) is 63.9 Å². The summed E-state index contributed by atoms with van der Waals surface area (Å²) >= 11 is 0. The van der Waals surface area contributed by atoms with Gasteiger partial charge in [-0.1, -0.05) is 45.7 Å². The van der Waals surface area contributed by atoms with Gasteiger partial charge in [-0.3, -0.25) is 9.97 Å². The van der Waals surface area contributed by atoms with Crippen LogP contribution in [0.3, 0.4) is 0 Å². The van der Waals surface area contributed by atoms with Crippen LogP contribution in [0.1, 0.15) is 94.8 Å². The van der Waals surface area contributed by atoms with E-state index in [-0.39, 0.29) is 5.41 Å². The molecule has 0 aromatic carbocycles. The maximum Gasteiger partial charge on any atom is 0.0523 e. The molecule has 0 radical (unpaired) electrons. The van der Waals surface area contributed by atoms with E-state index in [1.165, 1.54) is 36.9 Å². The third-order valence-electron chi connectivity index (χ3n) is 7.33. The van der Waals surface area contributed by atoms with E-state index in [1.54, 1.807) is 0 Å². The molecule has 0 aliphatic heterocycles. The molecule has 5 rings (SSSR count).